The standard InChI is InChI=1S/C70H69N3O/c1-44(2)46-29-31-48(32-30-46)50-35-36-71-61(41-50)54-39-52(47-21-15-13-16-22-47)38-53(40-54)57-26-20-28-63-65(57)72-67(58-42-55(68(4,5)6)43-60(66(58)74)70(10,11)12)73(63)62-34-33-51(37-45(62)3)64-56(49-23-17-14-18-24-49)25-19-27-59(64)69(7,8)9/h13-44,74H,1-12H3/i44D. The molecule has 10 aromatic rings. The molecule has 0 aliphatic carbocycles. The van der Waals surface area contributed by atoms with Crippen LogP contribution >= 0.6 is 0 Å². The van der Waals surface area contributed by atoms with E-state index in [0.717, 1.165) is 89.2 Å². The van der Waals surface area contributed by atoms with Gasteiger partial charge in [-0.1, -0.05) is 204 Å². The monoisotopic (exact) mass is 969 g/mol. The second kappa shape index (κ2) is 19.2. The van der Waals surface area contributed by atoms with E-state index in [2.05, 4.69) is 256 Å². The Morgan fingerprint density at radius 1 is 0.486 bits per heavy atom. The fourth-order valence-corrected chi connectivity index (χ4v) is 10.5. The van der Waals surface area contributed by atoms with Crippen molar-refractivity contribution in [2.24, 2.45) is 0 Å². The van der Waals surface area contributed by atoms with Crippen LogP contribution in [0.25, 0.3) is 95.0 Å². The van der Waals surface area contributed by atoms with Crippen LogP contribution in [-0.4, -0.2) is 19.6 Å². The molecule has 8 aromatic carbocycles. The second-order valence-electron chi connectivity index (χ2n) is 23.4. The third-order valence-corrected chi connectivity index (χ3v) is 14.6. The second-order valence-corrected chi connectivity index (χ2v) is 23.4. The van der Waals surface area contributed by atoms with Crippen LogP contribution in [0, 0.1) is 6.92 Å². The number of phenolic OH excluding ortho intramolecular Hbond substituents is 1. The van der Waals surface area contributed by atoms with Crippen LogP contribution in [0.3, 0.4) is 0 Å². The number of para-hydroxylation sites is 1. The Kier molecular flexibility index (Phi) is 12.6. The molecule has 0 saturated heterocycles. The zero-order chi connectivity index (χ0) is 53.2. The third-order valence-electron chi connectivity index (χ3n) is 14.6. The molecule has 370 valence electrons. The Hall–Kier alpha value is -7.82. The lowest BCUT2D eigenvalue weighted by molar-refractivity contribution is 0.446. The van der Waals surface area contributed by atoms with Gasteiger partial charge in [-0.2, -0.15) is 0 Å². The van der Waals surface area contributed by atoms with E-state index >= 15 is 0 Å². The van der Waals surface area contributed by atoms with Gasteiger partial charge < -0.3 is 5.11 Å². The average Bonchev–Trinajstić information content (AvgIpc) is 3.77. The highest BCUT2D eigenvalue weighted by atomic mass is 16.3. The van der Waals surface area contributed by atoms with Gasteiger partial charge >= 0.3 is 0 Å². The van der Waals surface area contributed by atoms with Gasteiger partial charge in [0.05, 0.1) is 28.0 Å². The van der Waals surface area contributed by atoms with Crippen molar-refractivity contribution in [2.45, 2.75) is 105 Å². The van der Waals surface area contributed by atoms with Crippen molar-refractivity contribution >= 4 is 11.0 Å². The molecule has 0 saturated carbocycles. The highest BCUT2D eigenvalue weighted by molar-refractivity contribution is 5.98. The molecule has 4 nitrogen and oxygen atoms in total. The van der Waals surface area contributed by atoms with E-state index in [1.54, 1.807) is 0 Å². The maximum Gasteiger partial charge on any atom is 0.149 e. The Morgan fingerprint density at radius 3 is 1.74 bits per heavy atom. The summed E-state index contributed by atoms with van der Waals surface area (Å²) in [5.74, 6) is 0.236. The van der Waals surface area contributed by atoms with Gasteiger partial charge in [0.25, 0.3) is 0 Å². The smallest absolute Gasteiger partial charge is 0.149 e. The molecule has 0 unspecified atom stereocenters. The molecular weight excluding hydrogens is 899 g/mol. The van der Waals surface area contributed by atoms with Gasteiger partial charge in [-0.3, -0.25) is 9.55 Å². The number of nitrogens with zero attached hydrogens (tertiary/aromatic N) is 3. The van der Waals surface area contributed by atoms with Crippen molar-refractivity contribution in [2.75, 3.05) is 0 Å². The molecule has 74 heavy (non-hydrogen) atoms. The fraction of sp³-hybridized carbons (Fsp3) is 0.229. The summed E-state index contributed by atoms with van der Waals surface area (Å²) < 4.78 is 10.9. The Morgan fingerprint density at radius 2 is 1.09 bits per heavy atom. The number of rotatable bonds is 9. The number of aromatic nitrogens is 3. The van der Waals surface area contributed by atoms with Crippen LogP contribution in [0.5, 0.6) is 5.75 Å². The van der Waals surface area contributed by atoms with Crippen LogP contribution in [0.15, 0.2) is 188 Å². The molecule has 0 atom stereocenters. The molecule has 10 rings (SSSR count). The van der Waals surface area contributed by atoms with E-state index in [4.69, 9.17) is 11.3 Å². The maximum atomic E-state index is 12.7. The lowest BCUT2D eigenvalue weighted by Crippen LogP contribution is -2.17. The number of benzene rings is 8. The Balaban J connectivity index is 1.22. The molecule has 0 bridgehead atoms. The molecule has 0 spiro atoms. The van der Waals surface area contributed by atoms with E-state index in [9.17, 15) is 5.11 Å². The van der Waals surface area contributed by atoms with Gasteiger partial charge in [0.1, 0.15) is 11.6 Å². The lowest BCUT2D eigenvalue weighted by atomic mass is 9.78. The number of pyridine rings is 1. The Bertz CT molecular complexity index is 3750. The minimum atomic E-state index is -0.683. The van der Waals surface area contributed by atoms with E-state index in [0.29, 0.717) is 11.4 Å². The van der Waals surface area contributed by atoms with Crippen LogP contribution in [0.2, 0.25) is 0 Å². The van der Waals surface area contributed by atoms with Crippen molar-refractivity contribution in [3.63, 3.8) is 0 Å². The van der Waals surface area contributed by atoms with Crippen molar-refractivity contribution in [1.29, 1.82) is 0 Å². The van der Waals surface area contributed by atoms with E-state index in [-0.39, 0.29) is 22.0 Å². The number of hydrogen-bond donors (Lipinski definition) is 1. The molecular formula is C70H69N3O. The predicted molar refractivity (Wildman–Crippen MR) is 314 cm³/mol. The summed E-state index contributed by atoms with van der Waals surface area (Å²) in [6, 6.07) is 64.9. The largest absolute Gasteiger partial charge is 0.507 e. The van der Waals surface area contributed by atoms with Crippen molar-refractivity contribution in [1.82, 2.24) is 14.5 Å². The molecule has 2 heterocycles. The van der Waals surface area contributed by atoms with Crippen LogP contribution in [0.1, 0.15) is 111 Å². The lowest BCUT2D eigenvalue weighted by Gasteiger charge is -2.28. The van der Waals surface area contributed by atoms with Gasteiger partial charge in [0, 0.05) is 24.3 Å². The van der Waals surface area contributed by atoms with E-state index in [1.807, 2.05) is 20.0 Å². The molecule has 2 aromatic heterocycles. The molecule has 0 fully saturated rings. The molecule has 4 heteroatoms. The summed E-state index contributed by atoms with van der Waals surface area (Å²) in [5.41, 5.74) is 21.0. The molecule has 0 radical (unpaired) electrons. The van der Waals surface area contributed by atoms with E-state index in [1.165, 1.54) is 22.3 Å². The number of fused-ring (bicyclic) bond motifs is 1. The SMILES string of the molecule is [2H]C(C)(C)c1ccc(-c2ccnc(-c3cc(-c4ccccc4)cc(-c4cccc5c4nc(-c4cc(C(C)(C)C)cc(C(C)(C)C)c4O)n5-c4ccc(-c5c(-c6ccccc6)cccc5C(C)(C)C)cc4C)c3)c2)cc1. The summed E-state index contributed by atoms with van der Waals surface area (Å²) in [5, 5.41) is 12.7. The van der Waals surface area contributed by atoms with E-state index < -0.39 is 5.89 Å². The number of aromatic hydroxyl groups is 1. The fourth-order valence-electron chi connectivity index (χ4n) is 10.5. The summed E-state index contributed by atoms with van der Waals surface area (Å²) >= 11 is 0. The van der Waals surface area contributed by atoms with Gasteiger partial charge in [0.15, 0.2) is 0 Å². The molecule has 0 aliphatic rings. The average molecular weight is 969 g/mol. The first-order chi connectivity index (χ1) is 35.5. The summed E-state index contributed by atoms with van der Waals surface area (Å²) in [6.45, 7) is 26.1. The first-order valence-electron chi connectivity index (χ1n) is 26.5. The number of aryl methyl sites for hydroxylation is 1. The predicted octanol–water partition coefficient (Wildman–Crippen LogP) is 19.1. The first-order valence-corrected chi connectivity index (χ1v) is 26.0. The van der Waals surface area contributed by atoms with Gasteiger partial charge in [-0.15, -0.1) is 0 Å². The normalized spacial score (nSPS) is 12.6. The summed E-state index contributed by atoms with van der Waals surface area (Å²) in [4.78, 5) is 10.7. The quantitative estimate of drug-likeness (QED) is 0.157. The van der Waals surface area contributed by atoms with Crippen molar-refractivity contribution in [3.05, 3.63) is 216 Å². The molecule has 0 amide bonds. The van der Waals surface area contributed by atoms with Crippen LogP contribution in [0.4, 0.5) is 0 Å². The van der Waals surface area contributed by atoms with Gasteiger partial charge in [-0.25, -0.2) is 4.98 Å². The summed E-state index contributed by atoms with van der Waals surface area (Å²) in [7, 11) is 0. The Labute approximate surface area is 440 Å². The number of phenols is 1. The zero-order valence-corrected chi connectivity index (χ0v) is 45.2. The summed E-state index contributed by atoms with van der Waals surface area (Å²) in [6.07, 6.45) is 1.89. The minimum absolute atomic E-state index is 0.111. The number of hydrogen-bond acceptors (Lipinski definition) is 3. The highest BCUT2D eigenvalue weighted by Crippen LogP contribution is 2.47. The molecule has 0 aliphatic heterocycles. The van der Waals surface area contributed by atoms with Crippen LogP contribution in [-0.2, 0) is 16.2 Å². The third kappa shape index (κ3) is 9.62. The van der Waals surface area contributed by atoms with Gasteiger partial charge in [0.2, 0.25) is 0 Å². The molecule has 1 N–H and O–H groups in total. The zero-order valence-electron chi connectivity index (χ0n) is 46.2. The number of imidazole rings is 1. The van der Waals surface area contributed by atoms with Crippen molar-refractivity contribution in [3.8, 4) is 89.7 Å². The van der Waals surface area contributed by atoms with Crippen LogP contribution < -0.4 is 0 Å². The first kappa shape index (κ1) is 48.4. The van der Waals surface area contributed by atoms with Gasteiger partial charge in [-0.05, 0) is 156 Å². The topological polar surface area (TPSA) is 50.9 Å². The highest BCUT2D eigenvalue weighted by Gasteiger charge is 2.30. The van der Waals surface area contributed by atoms with Crippen molar-refractivity contribution < 1.29 is 6.48 Å². The minimum Gasteiger partial charge on any atom is -0.507 e. The maximum absolute atomic E-state index is 12.7.